The Morgan fingerprint density at radius 1 is 1.57 bits per heavy atom. The number of nitro groups is 1. The van der Waals surface area contributed by atoms with Crippen LogP contribution in [0.3, 0.4) is 0 Å². The second-order valence-corrected chi connectivity index (χ2v) is 4.63. The van der Waals surface area contributed by atoms with E-state index in [1.54, 1.807) is 23.1 Å². The first-order valence-corrected chi connectivity index (χ1v) is 6.29. The largest absolute Gasteiger partial charge is 0.375 e. The van der Waals surface area contributed by atoms with Gasteiger partial charge in [-0.05, 0) is 25.1 Å². The molecular formula is C13H15N5O3. The lowest BCUT2D eigenvalue weighted by Gasteiger charge is -2.15. The summed E-state index contributed by atoms with van der Waals surface area (Å²) in [7, 11) is 0. The molecule has 2 rings (SSSR count). The molecule has 0 aliphatic heterocycles. The van der Waals surface area contributed by atoms with Gasteiger partial charge in [-0.3, -0.25) is 19.6 Å². The molecule has 0 spiro atoms. The van der Waals surface area contributed by atoms with E-state index in [1.165, 1.54) is 18.2 Å². The molecule has 0 radical (unpaired) electrons. The quantitative estimate of drug-likeness (QED) is 0.615. The van der Waals surface area contributed by atoms with Crippen LogP contribution in [0.15, 0.2) is 36.7 Å². The number of hydrogen-bond donors (Lipinski definition) is 2. The molecule has 0 fully saturated rings. The number of primary amides is 1. The van der Waals surface area contributed by atoms with Crippen molar-refractivity contribution < 1.29 is 9.72 Å². The Bertz CT molecular complexity index is 654. The minimum atomic E-state index is -0.632. The number of anilines is 1. The number of nitrogens with zero attached hydrogens (tertiary/aromatic N) is 3. The molecule has 21 heavy (non-hydrogen) atoms. The lowest BCUT2D eigenvalue weighted by molar-refractivity contribution is -0.384. The number of nitrogens with two attached hydrogens (primary N) is 1. The van der Waals surface area contributed by atoms with Gasteiger partial charge in [-0.1, -0.05) is 0 Å². The summed E-state index contributed by atoms with van der Waals surface area (Å²) in [5, 5.41) is 18.1. The zero-order valence-electron chi connectivity index (χ0n) is 11.4. The molecule has 1 aromatic heterocycles. The van der Waals surface area contributed by atoms with Crippen molar-refractivity contribution in [3.05, 3.63) is 52.3 Å². The zero-order chi connectivity index (χ0) is 15.4. The Balaban J connectivity index is 2.21. The van der Waals surface area contributed by atoms with Gasteiger partial charge in [0.1, 0.15) is 5.69 Å². The predicted molar refractivity (Wildman–Crippen MR) is 76.9 cm³/mol. The van der Waals surface area contributed by atoms with E-state index in [-0.39, 0.29) is 23.0 Å². The fourth-order valence-corrected chi connectivity index (χ4v) is 1.96. The first-order chi connectivity index (χ1) is 9.97. The van der Waals surface area contributed by atoms with E-state index in [2.05, 4.69) is 10.4 Å². The van der Waals surface area contributed by atoms with E-state index in [9.17, 15) is 14.9 Å². The Kier molecular flexibility index (Phi) is 4.17. The number of rotatable bonds is 6. The van der Waals surface area contributed by atoms with Crippen molar-refractivity contribution in [1.82, 2.24) is 9.78 Å². The number of nitro benzene ring substituents is 1. The molecule has 8 nitrogen and oxygen atoms in total. The van der Waals surface area contributed by atoms with Crippen molar-refractivity contribution in [1.29, 1.82) is 0 Å². The maximum absolute atomic E-state index is 11.2. The summed E-state index contributed by atoms with van der Waals surface area (Å²) in [5.41, 5.74) is 5.57. The van der Waals surface area contributed by atoms with E-state index >= 15 is 0 Å². The second-order valence-electron chi connectivity index (χ2n) is 4.63. The van der Waals surface area contributed by atoms with E-state index in [1.807, 2.05) is 6.92 Å². The van der Waals surface area contributed by atoms with Crippen LogP contribution in [0.25, 0.3) is 0 Å². The van der Waals surface area contributed by atoms with Gasteiger partial charge in [0.05, 0.1) is 11.5 Å². The van der Waals surface area contributed by atoms with Crippen LogP contribution in [0, 0.1) is 10.1 Å². The summed E-state index contributed by atoms with van der Waals surface area (Å²) in [6.45, 7) is 2.40. The standard InChI is InChI=1S/C13H15N5O3/c1-9(8-17-6-2-5-15-17)16-11-7-10(13(14)19)3-4-12(11)18(20)21/h2-7,9,16H,8H2,1H3,(H2,14,19). The van der Waals surface area contributed by atoms with Gasteiger partial charge in [0.15, 0.2) is 0 Å². The summed E-state index contributed by atoms with van der Waals surface area (Å²) in [5.74, 6) is -0.632. The highest BCUT2D eigenvalue weighted by atomic mass is 16.6. The normalized spacial score (nSPS) is 11.9. The summed E-state index contributed by atoms with van der Waals surface area (Å²) in [6.07, 6.45) is 3.45. The Hall–Kier alpha value is -2.90. The van der Waals surface area contributed by atoms with Crippen LogP contribution in [0.4, 0.5) is 11.4 Å². The van der Waals surface area contributed by atoms with Gasteiger partial charge in [-0.2, -0.15) is 5.10 Å². The summed E-state index contributed by atoms with van der Waals surface area (Å²) < 4.78 is 1.71. The fraction of sp³-hybridized carbons (Fsp3) is 0.231. The summed E-state index contributed by atoms with van der Waals surface area (Å²) in [6, 6.07) is 5.67. The molecule has 0 saturated carbocycles. The van der Waals surface area contributed by atoms with E-state index in [4.69, 9.17) is 5.73 Å². The lowest BCUT2D eigenvalue weighted by atomic mass is 10.1. The molecule has 0 saturated heterocycles. The average Bonchev–Trinajstić information content (AvgIpc) is 2.90. The van der Waals surface area contributed by atoms with Gasteiger partial charge >= 0.3 is 0 Å². The monoisotopic (exact) mass is 289 g/mol. The molecule has 1 amide bonds. The van der Waals surface area contributed by atoms with Crippen LogP contribution in [0.5, 0.6) is 0 Å². The first kappa shape index (κ1) is 14.5. The van der Waals surface area contributed by atoms with Crippen LogP contribution >= 0.6 is 0 Å². The maximum Gasteiger partial charge on any atom is 0.292 e. The third-order valence-corrected chi connectivity index (χ3v) is 2.90. The van der Waals surface area contributed by atoms with Gasteiger partial charge in [-0.25, -0.2) is 0 Å². The minimum Gasteiger partial charge on any atom is -0.375 e. The topological polar surface area (TPSA) is 116 Å². The molecule has 1 heterocycles. The first-order valence-electron chi connectivity index (χ1n) is 6.29. The van der Waals surface area contributed by atoms with Crippen LogP contribution < -0.4 is 11.1 Å². The predicted octanol–water partition coefficient (Wildman–Crippen LogP) is 1.39. The lowest BCUT2D eigenvalue weighted by Crippen LogP contribution is -2.23. The van der Waals surface area contributed by atoms with E-state index in [0.717, 1.165) is 0 Å². The summed E-state index contributed by atoms with van der Waals surface area (Å²) in [4.78, 5) is 21.7. The van der Waals surface area contributed by atoms with Crippen LogP contribution in [-0.2, 0) is 6.54 Å². The number of aromatic nitrogens is 2. The SMILES string of the molecule is CC(Cn1cccn1)Nc1cc(C(N)=O)ccc1[N+](=O)[O-]. The van der Waals surface area contributed by atoms with Crippen molar-refractivity contribution in [2.45, 2.75) is 19.5 Å². The van der Waals surface area contributed by atoms with Gasteiger partial charge in [0.25, 0.3) is 5.69 Å². The molecule has 8 heteroatoms. The zero-order valence-corrected chi connectivity index (χ0v) is 11.4. The molecule has 110 valence electrons. The highest BCUT2D eigenvalue weighted by Crippen LogP contribution is 2.26. The smallest absolute Gasteiger partial charge is 0.292 e. The highest BCUT2D eigenvalue weighted by molar-refractivity contribution is 5.94. The van der Waals surface area contributed by atoms with Crippen molar-refractivity contribution in [2.75, 3.05) is 5.32 Å². The van der Waals surface area contributed by atoms with Gasteiger partial charge in [0, 0.05) is 30.1 Å². The number of carbonyl (C=O) groups excluding carboxylic acids is 1. The number of carbonyl (C=O) groups is 1. The molecular weight excluding hydrogens is 274 g/mol. The van der Waals surface area contributed by atoms with E-state index in [0.29, 0.717) is 6.54 Å². The minimum absolute atomic E-state index is 0.104. The van der Waals surface area contributed by atoms with Crippen LogP contribution in [-0.4, -0.2) is 26.7 Å². The van der Waals surface area contributed by atoms with Crippen molar-refractivity contribution in [3.8, 4) is 0 Å². The molecule has 1 unspecified atom stereocenters. The van der Waals surface area contributed by atoms with Crippen molar-refractivity contribution >= 4 is 17.3 Å². The highest BCUT2D eigenvalue weighted by Gasteiger charge is 2.17. The van der Waals surface area contributed by atoms with Gasteiger partial charge in [0.2, 0.25) is 5.91 Å². The molecule has 2 aromatic rings. The van der Waals surface area contributed by atoms with Crippen LogP contribution in [0.1, 0.15) is 17.3 Å². The molecule has 0 aliphatic rings. The Morgan fingerprint density at radius 2 is 2.33 bits per heavy atom. The third kappa shape index (κ3) is 3.56. The van der Waals surface area contributed by atoms with Crippen LogP contribution in [0.2, 0.25) is 0 Å². The number of nitrogens with one attached hydrogen (secondary N) is 1. The molecule has 1 atom stereocenters. The number of amides is 1. The molecule has 0 aliphatic carbocycles. The number of hydrogen-bond acceptors (Lipinski definition) is 5. The molecule has 1 aromatic carbocycles. The second kappa shape index (κ2) is 6.04. The Labute approximate surface area is 120 Å². The Morgan fingerprint density at radius 3 is 2.90 bits per heavy atom. The third-order valence-electron chi connectivity index (χ3n) is 2.90. The fourth-order valence-electron chi connectivity index (χ4n) is 1.96. The summed E-state index contributed by atoms with van der Waals surface area (Å²) >= 11 is 0. The van der Waals surface area contributed by atoms with Crippen molar-refractivity contribution in [2.24, 2.45) is 5.73 Å². The van der Waals surface area contributed by atoms with Gasteiger partial charge in [-0.15, -0.1) is 0 Å². The maximum atomic E-state index is 11.2. The number of benzene rings is 1. The molecule has 3 N–H and O–H groups in total. The van der Waals surface area contributed by atoms with E-state index < -0.39 is 10.8 Å². The average molecular weight is 289 g/mol. The molecule has 0 bridgehead atoms. The van der Waals surface area contributed by atoms with Crippen molar-refractivity contribution in [3.63, 3.8) is 0 Å². The van der Waals surface area contributed by atoms with Gasteiger partial charge < -0.3 is 11.1 Å².